The topological polar surface area (TPSA) is 87.6 Å². The van der Waals surface area contributed by atoms with Crippen molar-refractivity contribution >= 4 is 39.2 Å². The normalized spacial score (nSPS) is 14.5. The zero-order valence-electron chi connectivity index (χ0n) is 16.0. The number of anilines is 1. The Balaban J connectivity index is 1.56. The van der Waals surface area contributed by atoms with E-state index >= 15 is 0 Å². The maximum Gasteiger partial charge on any atom is 0.262 e. The SMILES string of the molecule is O=C(CSc1ccc(F)cc1F)Nc1ccc(S(=O)(=O)NC2=NCCCCC2)cc1. The summed E-state index contributed by atoms with van der Waals surface area (Å²) in [6, 6.07) is 8.89. The van der Waals surface area contributed by atoms with Gasteiger partial charge in [-0.15, -0.1) is 11.8 Å². The fourth-order valence-corrected chi connectivity index (χ4v) is 4.63. The summed E-state index contributed by atoms with van der Waals surface area (Å²) in [6.45, 7) is 0.614. The lowest BCUT2D eigenvalue weighted by molar-refractivity contribution is -0.113. The highest BCUT2D eigenvalue weighted by molar-refractivity contribution is 8.00. The van der Waals surface area contributed by atoms with Gasteiger partial charge < -0.3 is 5.32 Å². The molecule has 2 aromatic carbocycles. The van der Waals surface area contributed by atoms with Crippen molar-refractivity contribution in [3.63, 3.8) is 0 Å². The molecule has 6 nitrogen and oxygen atoms in total. The van der Waals surface area contributed by atoms with Crippen LogP contribution in [-0.4, -0.2) is 32.5 Å². The largest absolute Gasteiger partial charge is 0.325 e. The second-order valence-corrected chi connectivity index (χ2v) is 9.38. The quantitative estimate of drug-likeness (QED) is 0.649. The number of nitrogens with zero attached hydrogens (tertiary/aromatic N) is 1. The number of nitrogens with one attached hydrogen (secondary N) is 2. The third kappa shape index (κ3) is 6.27. The highest BCUT2D eigenvalue weighted by Crippen LogP contribution is 2.23. The molecule has 0 spiro atoms. The summed E-state index contributed by atoms with van der Waals surface area (Å²) in [5, 5.41) is 2.62. The minimum atomic E-state index is -3.75. The lowest BCUT2D eigenvalue weighted by Crippen LogP contribution is -2.30. The molecule has 0 bridgehead atoms. The van der Waals surface area contributed by atoms with Gasteiger partial charge in [-0.1, -0.05) is 6.42 Å². The molecule has 0 fully saturated rings. The van der Waals surface area contributed by atoms with Gasteiger partial charge in [-0.05, 0) is 49.2 Å². The van der Waals surface area contributed by atoms with Gasteiger partial charge in [-0.25, -0.2) is 17.2 Å². The maximum absolute atomic E-state index is 13.6. The first-order valence-electron chi connectivity index (χ1n) is 9.37. The zero-order valence-corrected chi connectivity index (χ0v) is 17.7. The van der Waals surface area contributed by atoms with Crippen molar-refractivity contribution in [1.29, 1.82) is 0 Å². The van der Waals surface area contributed by atoms with Crippen LogP contribution in [0.25, 0.3) is 0 Å². The van der Waals surface area contributed by atoms with Crippen LogP contribution in [0.15, 0.2) is 57.2 Å². The number of carbonyl (C=O) groups is 1. The summed E-state index contributed by atoms with van der Waals surface area (Å²) in [4.78, 5) is 16.6. The summed E-state index contributed by atoms with van der Waals surface area (Å²) < 4.78 is 54.1. The molecule has 0 atom stereocenters. The van der Waals surface area contributed by atoms with Crippen molar-refractivity contribution < 1.29 is 22.0 Å². The molecule has 0 unspecified atom stereocenters. The van der Waals surface area contributed by atoms with Gasteiger partial charge in [-0.2, -0.15) is 0 Å². The second-order valence-electron chi connectivity index (χ2n) is 6.68. The number of thioether (sulfide) groups is 1. The number of rotatable bonds is 6. The van der Waals surface area contributed by atoms with Crippen molar-refractivity contribution in [2.45, 2.75) is 35.5 Å². The molecule has 0 radical (unpaired) electrons. The van der Waals surface area contributed by atoms with Crippen molar-refractivity contribution in [3.8, 4) is 0 Å². The number of amides is 1. The van der Waals surface area contributed by atoms with Crippen LogP contribution in [0.5, 0.6) is 0 Å². The van der Waals surface area contributed by atoms with Gasteiger partial charge in [0.15, 0.2) is 0 Å². The molecule has 3 rings (SSSR count). The third-order valence-corrected chi connectivity index (χ3v) is 6.77. The smallest absolute Gasteiger partial charge is 0.262 e. The van der Waals surface area contributed by atoms with Crippen LogP contribution in [0.3, 0.4) is 0 Å². The predicted molar refractivity (Wildman–Crippen MR) is 113 cm³/mol. The predicted octanol–water partition coefficient (Wildman–Crippen LogP) is 3.95. The number of hydrogen-bond acceptors (Lipinski definition) is 5. The van der Waals surface area contributed by atoms with Crippen molar-refractivity contribution in [2.24, 2.45) is 4.99 Å². The third-order valence-electron chi connectivity index (χ3n) is 4.33. The summed E-state index contributed by atoms with van der Waals surface area (Å²) in [7, 11) is -3.75. The molecular weight excluding hydrogens is 432 g/mol. The molecule has 0 saturated carbocycles. The number of hydrogen-bond donors (Lipinski definition) is 2. The number of aliphatic imine (C=N–C) groups is 1. The van der Waals surface area contributed by atoms with Crippen LogP contribution in [0.2, 0.25) is 0 Å². The molecular formula is C20H21F2N3O3S2. The first-order valence-corrected chi connectivity index (χ1v) is 11.8. The molecule has 0 aliphatic carbocycles. The van der Waals surface area contributed by atoms with Crippen LogP contribution in [-0.2, 0) is 14.8 Å². The van der Waals surface area contributed by atoms with Crippen molar-refractivity contribution in [2.75, 3.05) is 17.6 Å². The monoisotopic (exact) mass is 453 g/mol. The Morgan fingerprint density at radius 2 is 1.83 bits per heavy atom. The van der Waals surface area contributed by atoms with E-state index in [9.17, 15) is 22.0 Å². The fourth-order valence-electron chi connectivity index (χ4n) is 2.82. The summed E-state index contributed by atoms with van der Waals surface area (Å²) >= 11 is 0.939. The lowest BCUT2D eigenvalue weighted by atomic mass is 10.2. The van der Waals surface area contributed by atoms with E-state index in [1.54, 1.807) is 0 Å². The highest BCUT2D eigenvalue weighted by atomic mass is 32.2. The van der Waals surface area contributed by atoms with Gasteiger partial charge in [0.2, 0.25) is 5.91 Å². The van der Waals surface area contributed by atoms with E-state index in [-0.39, 0.29) is 15.5 Å². The number of sulfonamides is 1. The van der Waals surface area contributed by atoms with Gasteiger partial charge in [-0.3, -0.25) is 14.5 Å². The molecule has 2 N–H and O–H groups in total. The van der Waals surface area contributed by atoms with Crippen molar-refractivity contribution in [3.05, 3.63) is 54.1 Å². The Kier molecular flexibility index (Phi) is 7.43. The average Bonchev–Trinajstić information content (AvgIpc) is 2.96. The number of amidine groups is 1. The summed E-state index contributed by atoms with van der Waals surface area (Å²) in [5.41, 5.74) is 0.408. The fraction of sp³-hybridized carbons (Fsp3) is 0.300. The van der Waals surface area contributed by atoms with E-state index < -0.39 is 27.6 Å². The van der Waals surface area contributed by atoms with Gasteiger partial charge in [0.1, 0.15) is 17.5 Å². The summed E-state index contributed by atoms with van der Waals surface area (Å²) in [5.74, 6) is -1.42. The molecule has 1 aliphatic heterocycles. The van der Waals surface area contributed by atoms with Crippen molar-refractivity contribution in [1.82, 2.24) is 4.72 Å². The van der Waals surface area contributed by atoms with Gasteiger partial charge in [0, 0.05) is 29.6 Å². The number of halogens is 2. The minimum Gasteiger partial charge on any atom is -0.325 e. The molecule has 1 aliphatic rings. The van der Waals surface area contributed by atoms with E-state index in [0.717, 1.165) is 43.2 Å². The zero-order chi connectivity index (χ0) is 21.6. The van der Waals surface area contributed by atoms with E-state index in [1.807, 2.05) is 0 Å². The number of benzene rings is 2. The lowest BCUT2D eigenvalue weighted by Gasteiger charge is -2.11. The van der Waals surface area contributed by atoms with Crippen LogP contribution in [0.1, 0.15) is 25.7 Å². The molecule has 0 aromatic heterocycles. The van der Waals surface area contributed by atoms with Crippen LogP contribution < -0.4 is 10.0 Å². The minimum absolute atomic E-state index is 0.0650. The van der Waals surface area contributed by atoms with Gasteiger partial charge in [0.25, 0.3) is 10.0 Å². The molecule has 1 amide bonds. The Hall–Kier alpha value is -2.46. The first-order chi connectivity index (χ1) is 14.3. The molecule has 1 heterocycles. The first kappa shape index (κ1) is 22.2. The number of carbonyl (C=O) groups excluding carboxylic acids is 1. The standard InChI is InChI=1S/C20H21F2N3O3S2/c21-14-5-10-18(17(22)12-14)29-13-20(26)24-15-6-8-16(9-7-15)30(27,28)25-19-4-2-1-3-11-23-19/h5-10,12H,1-4,11,13H2,(H,23,25)(H,24,26). The van der Waals surface area contributed by atoms with E-state index in [4.69, 9.17) is 0 Å². The van der Waals surface area contributed by atoms with Crippen LogP contribution in [0.4, 0.5) is 14.5 Å². The average molecular weight is 454 g/mol. The summed E-state index contributed by atoms with van der Waals surface area (Å²) in [6.07, 6.45) is 3.47. The van der Waals surface area contributed by atoms with E-state index in [1.165, 1.54) is 30.3 Å². The molecule has 160 valence electrons. The Labute approximate surface area is 178 Å². The van der Waals surface area contributed by atoms with Gasteiger partial charge >= 0.3 is 0 Å². The van der Waals surface area contributed by atoms with Crippen LogP contribution >= 0.6 is 11.8 Å². The molecule has 30 heavy (non-hydrogen) atoms. The highest BCUT2D eigenvalue weighted by Gasteiger charge is 2.17. The molecule has 0 saturated heterocycles. The van der Waals surface area contributed by atoms with E-state index in [2.05, 4.69) is 15.0 Å². The maximum atomic E-state index is 13.6. The Morgan fingerprint density at radius 3 is 2.57 bits per heavy atom. The van der Waals surface area contributed by atoms with Gasteiger partial charge in [0.05, 0.1) is 10.6 Å². The van der Waals surface area contributed by atoms with E-state index in [0.29, 0.717) is 24.5 Å². The Morgan fingerprint density at radius 1 is 1.07 bits per heavy atom. The Bertz CT molecular complexity index is 1040. The molecule has 10 heteroatoms. The molecule has 2 aromatic rings. The van der Waals surface area contributed by atoms with Crippen LogP contribution in [0, 0.1) is 11.6 Å². The second kappa shape index (κ2) is 10.0.